The number of rotatable bonds is 4. The topological polar surface area (TPSA) is 35.0 Å². The van der Waals surface area contributed by atoms with Gasteiger partial charge < -0.3 is 4.74 Å². The van der Waals surface area contributed by atoms with E-state index in [1.165, 1.54) is 16.2 Å². The summed E-state index contributed by atoms with van der Waals surface area (Å²) in [6, 6.07) is 7.92. The molecule has 6 heteroatoms. The molecule has 0 N–H and O–H groups in total. The van der Waals surface area contributed by atoms with E-state index in [9.17, 15) is 0 Å². The van der Waals surface area contributed by atoms with Gasteiger partial charge in [0.05, 0.1) is 12.9 Å². The van der Waals surface area contributed by atoms with Crippen LogP contribution in [0.1, 0.15) is 5.01 Å². The highest BCUT2D eigenvalue weighted by atomic mass is 35.5. The van der Waals surface area contributed by atoms with Crippen molar-refractivity contribution in [2.24, 2.45) is 0 Å². The first-order valence-electron chi connectivity index (χ1n) is 4.52. The van der Waals surface area contributed by atoms with E-state index in [-0.39, 0.29) is 0 Å². The van der Waals surface area contributed by atoms with Gasteiger partial charge in [-0.2, -0.15) is 0 Å². The summed E-state index contributed by atoms with van der Waals surface area (Å²) in [5.74, 6) is 1.65. The van der Waals surface area contributed by atoms with Gasteiger partial charge in [0, 0.05) is 4.90 Å². The Labute approximate surface area is 107 Å². The van der Waals surface area contributed by atoms with Crippen LogP contribution in [0.2, 0.25) is 4.47 Å². The number of aromatic nitrogens is 2. The molecule has 1 aromatic carbocycles. The summed E-state index contributed by atoms with van der Waals surface area (Å²) < 4.78 is 5.58. The van der Waals surface area contributed by atoms with Gasteiger partial charge >= 0.3 is 0 Å². The van der Waals surface area contributed by atoms with Crippen molar-refractivity contribution in [1.29, 1.82) is 0 Å². The Morgan fingerprint density at radius 2 is 2.06 bits per heavy atom. The summed E-state index contributed by atoms with van der Waals surface area (Å²) in [4.78, 5) is 1.17. The first-order chi connectivity index (χ1) is 7.78. The Morgan fingerprint density at radius 1 is 1.31 bits per heavy atom. The molecular formula is C10H9ClN2OS2. The van der Waals surface area contributed by atoms with Crippen molar-refractivity contribution >= 4 is 34.7 Å². The Bertz CT molecular complexity index is 458. The third-order valence-corrected chi connectivity index (χ3v) is 4.09. The predicted octanol–water partition coefficient (Wildman–Crippen LogP) is 3.49. The average molecular weight is 273 g/mol. The van der Waals surface area contributed by atoms with Crippen LogP contribution in [0.4, 0.5) is 0 Å². The number of hydrogen-bond donors (Lipinski definition) is 0. The van der Waals surface area contributed by atoms with Crippen LogP contribution in [0, 0.1) is 0 Å². The molecule has 0 aliphatic rings. The van der Waals surface area contributed by atoms with Crippen molar-refractivity contribution in [3.8, 4) is 5.75 Å². The molecule has 0 saturated heterocycles. The minimum atomic E-state index is 0.491. The number of nitrogens with zero attached hydrogens (tertiary/aromatic N) is 2. The number of benzene rings is 1. The number of methoxy groups -OCH3 is 1. The largest absolute Gasteiger partial charge is 0.497 e. The highest BCUT2D eigenvalue weighted by Crippen LogP contribution is 2.26. The lowest BCUT2D eigenvalue weighted by molar-refractivity contribution is 0.414. The fraction of sp³-hybridized carbons (Fsp3) is 0.200. The third-order valence-electron chi connectivity index (χ3n) is 1.86. The lowest BCUT2D eigenvalue weighted by Crippen LogP contribution is -1.82. The van der Waals surface area contributed by atoms with E-state index in [1.807, 2.05) is 24.3 Å². The second kappa shape index (κ2) is 5.52. The van der Waals surface area contributed by atoms with E-state index < -0.39 is 0 Å². The van der Waals surface area contributed by atoms with E-state index in [0.717, 1.165) is 16.5 Å². The highest BCUT2D eigenvalue weighted by Gasteiger charge is 2.02. The van der Waals surface area contributed by atoms with Crippen LogP contribution in [-0.2, 0) is 5.75 Å². The van der Waals surface area contributed by atoms with Crippen LogP contribution in [0.25, 0.3) is 0 Å². The zero-order chi connectivity index (χ0) is 11.4. The molecule has 16 heavy (non-hydrogen) atoms. The Morgan fingerprint density at radius 3 is 2.62 bits per heavy atom. The summed E-state index contributed by atoms with van der Waals surface area (Å²) >= 11 is 8.81. The van der Waals surface area contributed by atoms with Crippen molar-refractivity contribution in [2.75, 3.05) is 7.11 Å². The van der Waals surface area contributed by atoms with Gasteiger partial charge in [0.2, 0.25) is 4.47 Å². The highest BCUT2D eigenvalue weighted by molar-refractivity contribution is 7.98. The fourth-order valence-electron chi connectivity index (χ4n) is 1.11. The number of halogens is 1. The molecule has 1 aromatic heterocycles. The smallest absolute Gasteiger partial charge is 0.207 e. The maximum absolute atomic E-state index is 5.70. The first-order valence-corrected chi connectivity index (χ1v) is 6.70. The second-order valence-electron chi connectivity index (χ2n) is 2.91. The zero-order valence-electron chi connectivity index (χ0n) is 8.51. The van der Waals surface area contributed by atoms with Crippen LogP contribution < -0.4 is 4.74 Å². The number of hydrogen-bond acceptors (Lipinski definition) is 5. The number of ether oxygens (including phenoxy) is 1. The van der Waals surface area contributed by atoms with Gasteiger partial charge in [0.25, 0.3) is 0 Å². The molecule has 2 rings (SSSR count). The maximum Gasteiger partial charge on any atom is 0.207 e. The van der Waals surface area contributed by atoms with Crippen LogP contribution >= 0.6 is 34.7 Å². The van der Waals surface area contributed by atoms with Gasteiger partial charge in [0.15, 0.2) is 0 Å². The van der Waals surface area contributed by atoms with E-state index >= 15 is 0 Å². The molecule has 0 radical (unpaired) electrons. The fourth-order valence-corrected chi connectivity index (χ4v) is 2.86. The Hall–Kier alpha value is -0.780. The molecule has 0 atom stereocenters. The average Bonchev–Trinajstić information content (AvgIpc) is 2.73. The maximum atomic E-state index is 5.70. The van der Waals surface area contributed by atoms with E-state index in [0.29, 0.717) is 4.47 Å². The third kappa shape index (κ3) is 3.10. The van der Waals surface area contributed by atoms with Gasteiger partial charge in [0.1, 0.15) is 10.8 Å². The molecule has 84 valence electrons. The van der Waals surface area contributed by atoms with E-state index in [2.05, 4.69) is 10.2 Å². The first kappa shape index (κ1) is 11.7. The standard InChI is InChI=1S/C10H9ClN2OS2/c1-14-7-2-4-8(5-3-7)15-6-9-12-13-10(11)16-9/h2-5H,6H2,1H3. The lowest BCUT2D eigenvalue weighted by atomic mass is 10.3. The quantitative estimate of drug-likeness (QED) is 0.798. The van der Waals surface area contributed by atoms with Crippen LogP contribution in [0.3, 0.4) is 0 Å². The van der Waals surface area contributed by atoms with Crippen LogP contribution in [-0.4, -0.2) is 17.3 Å². The van der Waals surface area contributed by atoms with E-state index in [4.69, 9.17) is 16.3 Å². The van der Waals surface area contributed by atoms with Crippen molar-refractivity contribution in [2.45, 2.75) is 10.6 Å². The van der Waals surface area contributed by atoms with Crippen LogP contribution in [0.5, 0.6) is 5.75 Å². The Kier molecular flexibility index (Phi) is 4.04. The summed E-state index contributed by atoms with van der Waals surface area (Å²) in [7, 11) is 1.66. The van der Waals surface area contributed by atoms with Crippen LogP contribution in [0.15, 0.2) is 29.2 Å². The Balaban J connectivity index is 1.94. The van der Waals surface area contributed by atoms with Gasteiger partial charge in [-0.05, 0) is 35.9 Å². The van der Waals surface area contributed by atoms with Crippen molar-refractivity contribution in [1.82, 2.24) is 10.2 Å². The number of thioether (sulfide) groups is 1. The molecule has 0 amide bonds. The van der Waals surface area contributed by atoms with Gasteiger partial charge in [-0.1, -0.05) is 11.3 Å². The van der Waals surface area contributed by atoms with Crippen molar-refractivity contribution in [3.05, 3.63) is 33.7 Å². The molecule has 0 aliphatic heterocycles. The monoisotopic (exact) mass is 272 g/mol. The SMILES string of the molecule is COc1ccc(SCc2nnc(Cl)s2)cc1. The van der Waals surface area contributed by atoms with Gasteiger partial charge in [-0.25, -0.2) is 0 Å². The van der Waals surface area contributed by atoms with Crippen molar-refractivity contribution < 1.29 is 4.74 Å². The zero-order valence-corrected chi connectivity index (χ0v) is 10.9. The molecule has 0 fully saturated rings. The molecule has 2 aromatic rings. The minimum Gasteiger partial charge on any atom is -0.497 e. The summed E-state index contributed by atoms with van der Waals surface area (Å²) in [6.45, 7) is 0. The van der Waals surface area contributed by atoms with Gasteiger partial charge in [-0.3, -0.25) is 0 Å². The molecule has 0 aliphatic carbocycles. The second-order valence-corrected chi connectivity index (χ2v) is 5.61. The molecule has 1 heterocycles. The molecule has 0 spiro atoms. The minimum absolute atomic E-state index is 0.491. The molecule has 0 bridgehead atoms. The molecule has 0 saturated carbocycles. The molecule has 3 nitrogen and oxygen atoms in total. The normalized spacial score (nSPS) is 10.4. The lowest BCUT2D eigenvalue weighted by Gasteiger charge is -2.01. The summed E-state index contributed by atoms with van der Waals surface area (Å²) in [5, 5.41) is 8.65. The van der Waals surface area contributed by atoms with E-state index in [1.54, 1.807) is 18.9 Å². The summed E-state index contributed by atoms with van der Waals surface area (Å²) in [6.07, 6.45) is 0. The van der Waals surface area contributed by atoms with Crippen molar-refractivity contribution in [3.63, 3.8) is 0 Å². The predicted molar refractivity (Wildman–Crippen MR) is 67.5 cm³/mol. The van der Waals surface area contributed by atoms with Gasteiger partial charge in [-0.15, -0.1) is 22.0 Å². The molecular weight excluding hydrogens is 264 g/mol. The summed E-state index contributed by atoms with van der Waals surface area (Å²) in [5.41, 5.74) is 0. The molecule has 0 unspecified atom stereocenters.